The van der Waals surface area contributed by atoms with E-state index < -0.39 is 0 Å². The van der Waals surface area contributed by atoms with Crippen LogP contribution in [-0.4, -0.2) is 101 Å². The van der Waals surface area contributed by atoms with Gasteiger partial charge in [-0.15, -0.1) is 0 Å². The fourth-order valence-corrected chi connectivity index (χ4v) is 3.75. The first-order chi connectivity index (χ1) is 12.6. The molecule has 2 aliphatic rings. The highest BCUT2D eigenvalue weighted by molar-refractivity contribution is 5.27. The van der Waals surface area contributed by atoms with E-state index in [0.717, 1.165) is 64.8 Å². The Hall–Kier alpha value is -1.18. The lowest BCUT2D eigenvalue weighted by Crippen LogP contribution is -2.58. The van der Waals surface area contributed by atoms with Gasteiger partial charge in [0.15, 0.2) is 0 Å². The second-order valence-corrected chi connectivity index (χ2v) is 7.72. The van der Waals surface area contributed by atoms with Crippen LogP contribution in [0.2, 0.25) is 0 Å². The van der Waals surface area contributed by atoms with Crippen molar-refractivity contribution in [1.82, 2.24) is 14.7 Å². The summed E-state index contributed by atoms with van der Waals surface area (Å²) in [6, 6.07) is 8.36. The van der Waals surface area contributed by atoms with Gasteiger partial charge < -0.3 is 19.1 Å². The third-order valence-corrected chi connectivity index (χ3v) is 5.18. The van der Waals surface area contributed by atoms with Gasteiger partial charge in [-0.25, -0.2) is 0 Å². The number of morpholine rings is 1. The SMILES string of the molecule is COc1ccc(CN2CCOC3(COCCN(CCN(C)C)C3)C2)cc1. The number of rotatable bonds is 6. The monoisotopic (exact) mass is 363 g/mol. The molecule has 2 heterocycles. The van der Waals surface area contributed by atoms with Crippen LogP contribution in [0.4, 0.5) is 0 Å². The molecular formula is C20H33N3O3. The Kier molecular flexibility index (Phi) is 6.89. The normalized spacial score (nSPS) is 25.5. The van der Waals surface area contributed by atoms with E-state index in [-0.39, 0.29) is 5.60 Å². The lowest BCUT2D eigenvalue weighted by molar-refractivity contribution is -0.143. The average Bonchev–Trinajstić information content (AvgIpc) is 2.83. The standard InChI is InChI=1S/C20H33N3O3/c1-21(2)8-9-22-10-12-25-17-20(15-22)16-23(11-13-26-20)14-18-4-6-19(24-3)7-5-18/h4-7H,8-17H2,1-3H3. The van der Waals surface area contributed by atoms with Gasteiger partial charge >= 0.3 is 0 Å². The van der Waals surface area contributed by atoms with E-state index >= 15 is 0 Å². The molecule has 6 nitrogen and oxygen atoms in total. The maximum Gasteiger partial charge on any atom is 0.118 e. The van der Waals surface area contributed by atoms with E-state index in [1.165, 1.54) is 5.56 Å². The van der Waals surface area contributed by atoms with Crippen molar-refractivity contribution in [2.24, 2.45) is 0 Å². The number of nitrogens with zero attached hydrogens (tertiary/aromatic N) is 3. The summed E-state index contributed by atoms with van der Waals surface area (Å²) in [7, 11) is 5.95. The van der Waals surface area contributed by atoms with Gasteiger partial charge in [-0.1, -0.05) is 12.1 Å². The molecule has 0 aromatic heterocycles. The third-order valence-electron chi connectivity index (χ3n) is 5.18. The van der Waals surface area contributed by atoms with Crippen molar-refractivity contribution in [2.75, 3.05) is 80.3 Å². The Labute approximate surface area is 157 Å². The molecule has 0 radical (unpaired) electrons. The minimum atomic E-state index is -0.215. The van der Waals surface area contributed by atoms with Crippen LogP contribution in [0.25, 0.3) is 0 Å². The number of hydrogen-bond acceptors (Lipinski definition) is 6. The molecule has 2 aliphatic heterocycles. The first kappa shape index (κ1) is 19.6. The first-order valence-corrected chi connectivity index (χ1v) is 9.53. The number of hydrogen-bond donors (Lipinski definition) is 0. The summed E-state index contributed by atoms with van der Waals surface area (Å²) in [5, 5.41) is 0. The molecule has 2 fully saturated rings. The Morgan fingerprint density at radius 1 is 1.08 bits per heavy atom. The van der Waals surface area contributed by atoms with Crippen molar-refractivity contribution < 1.29 is 14.2 Å². The van der Waals surface area contributed by atoms with Crippen LogP contribution in [0, 0.1) is 0 Å². The van der Waals surface area contributed by atoms with Crippen molar-refractivity contribution in [3.63, 3.8) is 0 Å². The predicted molar refractivity (Wildman–Crippen MR) is 103 cm³/mol. The smallest absolute Gasteiger partial charge is 0.118 e. The Balaban J connectivity index is 1.61. The van der Waals surface area contributed by atoms with Crippen molar-refractivity contribution in [3.8, 4) is 5.75 Å². The molecule has 1 unspecified atom stereocenters. The number of methoxy groups -OCH3 is 1. The number of likely N-dealkylation sites (N-methyl/N-ethyl adjacent to an activating group) is 1. The zero-order valence-electron chi connectivity index (χ0n) is 16.4. The van der Waals surface area contributed by atoms with Crippen LogP contribution >= 0.6 is 0 Å². The highest BCUT2D eigenvalue weighted by Crippen LogP contribution is 2.24. The molecule has 0 N–H and O–H groups in total. The molecule has 0 bridgehead atoms. The highest BCUT2D eigenvalue weighted by Gasteiger charge is 2.40. The summed E-state index contributed by atoms with van der Waals surface area (Å²) in [6.07, 6.45) is 0. The Morgan fingerprint density at radius 3 is 2.54 bits per heavy atom. The molecule has 146 valence electrons. The second-order valence-electron chi connectivity index (χ2n) is 7.72. The molecule has 0 aliphatic carbocycles. The summed E-state index contributed by atoms with van der Waals surface area (Å²) >= 11 is 0. The molecule has 1 atom stereocenters. The van der Waals surface area contributed by atoms with Gasteiger partial charge in [0.05, 0.1) is 26.9 Å². The van der Waals surface area contributed by atoms with E-state index in [4.69, 9.17) is 14.2 Å². The summed E-state index contributed by atoms with van der Waals surface area (Å²) < 4.78 is 17.5. The van der Waals surface area contributed by atoms with Crippen LogP contribution in [0.15, 0.2) is 24.3 Å². The molecule has 2 saturated heterocycles. The molecular weight excluding hydrogens is 330 g/mol. The largest absolute Gasteiger partial charge is 0.497 e. The molecule has 26 heavy (non-hydrogen) atoms. The summed E-state index contributed by atoms with van der Waals surface area (Å²) in [5.74, 6) is 0.904. The Bertz CT molecular complexity index is 552. The van der Waals surface area contributed by atoms with Crippen molar-refractivity contribution >= 4 is 0 Å². The van der Waals surface area contributed by atoms with Crippen molar-refractivity contribution in [2.45, 2.75) is 12.1 Å². The summed E-state index contributed by atoms with van der Waals surface area (Å²) in [5.41, 5.74) is 1.09. The summed E-state index contributed by atoms with van der Waals surface area (Å²) in [4.78, 5) is 7.21. The second kappa shape index (κ2) is 9.15. The maximum atomic E-state index is 6.29. The van der Waals surface area contributed by atoms with Gasteiger partial charge in [0.2, 0.25) is 0 Å². The van der Waals surface area contributed by atoms with Crippen LogP contribution in [0.5, 0.6) is 5.75 Å². The van der Waals surface area contributed by atoms with Gasteiger partial charge in [0.1, 0.15) is 11.4 Å². The van der Waals surface area contributed by atoms with Gasteiger partial charge in [-0.3, -0.25) is 9.80 Å². The molecule has 1 aromatic carbocycles. The van der Waals surface area contributed by atoms with Crippen molar-refractivity contribution in [3.05, 3.63) is 29.8 Å². The predicted octanol–water partition coefficient (Wildman–Crippen LogP) is 1.16. The average molecular weight is 364 g/mol. The topological polar surface area (TPSA) is 37.4 Å². The maximum absolute atomic E-state index is 6.29. The van der Waals surface area contributed by atoms with E-state index in [1.807, 2.05) is 12.1 Å². The Morgan fingerprint density at radius 2 is 1.81 bits per heavy atom. The van der Waals surface area contributed by atoms with E-state index in [2.05, 4.69) is 40.9 Å². The zero-order chi connectivity index (χ0) is 18.4. The van der Waals surface area contributed by atoms with Gasteiger partial charge in [0.25, 0.3) is 0 Å². The fourth-order valence-electron chi connectivity index (χ4n) is 3.75. The molecule has 6 heteroatoms. The van der Waals surface area contributed by atoms with E-state index in [0.29, 0.717) is 6.61 Å². The van der Waals surface area contributed by atoms with Crippen LogP contribution in [0.3, 0.4) is 0 Å². The van der Waals surface area contributed by atoms with Gasteiger partial charge in [0, 0.05) is 45.8 Å². The van der Waals surface area contributed by atoms with Crippen molar-refractivity contribution in [1.29, 1.82) is 0 Å². The van der Waals surface area contributed by atoms with Crippen LogP contribution in [0.1, 0.15) is 5.56 Å². The van der Waals surface area contributed by atoms with Crippen LogP contribution < -0.4 is 4.74 Å². The van der Waals surface area contributed by atoms with E-state index in [9.17, 15) is 0 Å². The lowest BCUT2D eigenvalue weighted by atomic mass is 10.0. The molecule has 1 aromatic rings. The minimum absolute atomic E-state index is 0.215. The number of ether oxygens (including phenoxy) is 3. The third kappa shape index (κ3) is 5.41. The molecule has 3 rings (SSSR count). The molecule has 0 amide bonds. The zero-order valence-corrected chi connectivity index (χ0v) is 16.4. The highest BCUT2D eigenvalue weighted by atomic mass is 16.5. The van der Waals surface area contributed by atoms with Gasteiger partial charge in [-0.05, 0) is 31.8 Å². The minimum Gasteiger partial charge on any atom is -0.497 e. The number of benzene rings is 1. The summed E-state index contributed by atoms with van der Waals surface area (Å²) in [6.45, 7) is 9.10. The lowest BCUT2D eigenvalue weighted by Gasteiger charge is -2.43. The first-order valence-electron chi connectivity index (χ1n) is 9.53. The van der Waals surface area contributed by atoms with Crippen LogP contribution in [-0.2, 0) is 16.0 Å². The van der Waals surface area contributed by atoms with Gasteiger partial charge in [-0.2, -0.15) is 0 Å². The fraction of sp³-hybridized carbons (Fsp3) is 0.700. The molecule has 0 saturated carbocycles. The quantitative estimate of drug-likeness (QED) is 0.755. The van der Waals surface area contributed by atoms with E-state index in [1.54, 1.807) is 7.11 Å². The molecule has 1 spiro atoms.